The Kier molecular flexibility index (Phi) is 3.86. The standard InChI is InChI=1S/C16H25N5O/c22-16(12-4-1-5-12)17-13-6-2-8-20(10-13)11-15-19-18-14-7-3-9-21(14)15/h12-13H,1-11H2,(H,17,22). The van der Waals surface area contributed by atoms with Gasteiger partial charge in [-0.05, 0) is 38.6 Å². The van der Waals surface area contributed by atoms with E-state index < -0.39 is 0 Å². The van der Waals surface area contributed by atoms with Gasteiger partial charge in [0.25, 0.3) is 0 Å². The fourth-order valence-electron chi connectivity index (χ4n) is 3.83. The molecular weight excluding hydrogens is 278 g/mol. The zero-order valence-electron chi connectivity index (χ0n) is 13.1. The predicted molar refractivity (Wildman–Crippen MR) is 82.1 cm³/mol. The van der Waals surface area contributed by atoms with Crippen molar-refractivity contribution < 1.29 is 4.79 Å². The lowest BCUT2D eigenvalue weighted by Crippen LogP contribution is -2.49. The monoisotopic (exact) mass is 303 g/mol. The first-order valence-electron chi connectivity index (χ1n) is 8.73. The summed E-state index contributed by atoms with van der Waals surface area (Å²) in [6.45, 7) is 3.97. The zero-order valence-corrected chi connectivity index (χ0v) is 13.1. The van der Waals surface area contributed by atoms with Crippen molar-refractivity contribution in [2.75, 3.05) is 13.1 Å². The van der Waals surface area contributed by atoms with Crippen LogP contribution in [-0.4, -0.2) is 44.7 Å². The van der Waals surface area contributed by atoms with E-state index in [1.54, 1.807) is 0 Å². The first kappa shape index (κ1) is 14.2. The van der Waals surface area contributed by atoms with Crippen molar-refractivity contribution in [2.45, 2.75) is 64.1 Å². The van der Waals surface area contributed by atoms with E-state index in [1.165, 1.54) is 12.8 Å². The summed E-state index contributed by atoms with van der Waals surface area (Å²) in [6, 6.07) is 0.308. The minimum absolute atomic E-state index is 0.279. The second-order valence-electron chi connectivity index (χ2n) is 7.00. The SMILES string of the molecule is O=C(NC1CCCN(Cc2nnc3n2CCC3)C1)C1CCC1. The molecule has 3 heterocycles. The lowest BCUT2D eigenvalue weighted by Gasteiger charge is -2.34. The van der Waals surface area contributed by atoms with Gasteiger partial charge in [0.05, 0.1) is 6.54 Å². The van der Waals surface area contributed by atoms with Crippen molar-refractivity contribution in [3.63, 3.8) is 0 Å². The van der Waals surface area contributed by atoms with Gasteiger partial charge in [-0.15, -0.1) is 10.2 Å². The highest BCUT2D eigenvalue weighted by Gasteiger charge is 2.29. The van der Waals surface area contributed by atoms with Crippen molar-refractivity contribution in [3.05, 3.63) is 11.6 Å². The zero-order chi connectivity index (χ0) is 14.9. The van der Waals surface area contributed by atoms with E-state index in [-0.39, 0.29) is 11.8 Å². The second-order valence-corrected chi connectivity index (χ2v) is 7.00. The Morgan fingerprint density at radius 2 is 2.05 bits per heavy atom. The maximum absolute atomic E-state index is 12.1. The molecule has 1 saturated carbocycles. The third-order valence-corrected chi connectivity index (χ3v) is 5.38. The number of aryl methyl sites for hydroxylation is 1. The molecule has 1 N–H and O–H groups in total. The van der Waals surface area contributed by atoms with E-state index in [4.69, 9.17) is 0 Å². The normalized spacial score (nSPS) is 25.7. The van der Waals surface area contributed by atoms with Gasteiger partial charge in [0.15, 0.2) is 0 Å². The molecule has 1 aliphatic carbocycles. The first-order chi connectivity index (χ1) is 10.8. The number of hydrogen-bond acceptors (Lipinski definition) is 4. The lowest BCUT2D eigenvalue weighted by atomic mass is 9.84. The summed E-state index contributed by atoms with van der Waals surface area (Å²) in [4.78, 5) is 14.5. The van der Waals surface area contributed by atoms with Gasteiger partial charge >= 0.3 is 0 Å². The van der Waals surface area contributed by atoms with E-state index in [2.05, 4.69) is 25.0 Å². The van der Waals surface area contributed by atoms with E-state index in [9.17, 15) is 4.79 Å². The van der Waals surface area contributed by atoms with Gasteiger partial charge in [0.1, 0.15) is 11.6 Å². The number of amides is 1. The molecule has 120 valence electrons. The number of nitrogens with one attached hydrogen (secondary N) is 1. The van der Waals surface area contributed by atoms with Crippen LogP contribution in [0.3, 0.4) is 0 Å². The number of carbonyl (C=O) groups is 1. The van der Waals surface area contributed by atoms with Crippen LogP contribution in [0.5, 0.6) is 0 Å². The minimum Gasteiger partial charge on any atom is -0.352 e. The van der Waals surface area contributed by atoms with Crippen LogP contribution in [0, 0.1) is 5.92 Å². The average molecular weight is 303 g/mol. The van der Waals surface area contributed by atoms with Crippen LogP contribution in [0.1, 0.15) is 50.2 Å². The Bertz CT molecular complexity index is 551. The Hall–Kier alpha value is -1.43. The van der Waals surface area contributed by atoms with Gasteiger partial charge in [0.2, 0.25) is 5.91 Å². The summed E-state index contributed by atoms with van der Waals surface area (Å²) in [6.07, 6.45) is 7.88. The van der Waals surface area contributed by atoms with Crippen LogP contribution >= 0.6 is 0 Å². The highest BCUT2D eigenvalue weighted by Crippen LogP contribution is 2.27. The number of carbonyl (C=O) groups excluding carboxylic acids is 1. The molecule has 1 aromatic heterocycles. The summed E-state index contributed by atoms with van der Waals surface area (Å²) in [5.41, 5.74) is 0. The predicted octanol–water partition coefficient (Wildman–Crippen LogP) is 1.10. The molecule has 1 saturated heterocycles. The van der Waals surface area contributed by atoms with Gasteiger partial charge in [-0.3, -0.25) is 9.69 Å². The fourth-order valence-corrected chi connectivity index (χ4v) is 3.83. The summed E-state index contributed by atoms with van der Waals surface area (Å²) in [5.74, 6) is 2.80. The van der Waals surface area contributed by atoms with Gasteiger partial charge in [0, 0.05) is 31.5 Å². The van der Waals surface area contributed by atoms with Crippen molar-refractivity contribution in [1.29, 1.82) is 0 Å². The quantitative estimate of drug-likeness (QED) is 0.905. The van der Waals surface area contributed by atoms with Crippen LogP contribution < -0.4 is 5.32 Å². The summed E-state index contributed by atoms with van der Waals surface area (Å²) in [7, 11) is 0. The molecule has 2 aliphatic heterocycles. The molecule has 6 nitrogen and oxygen atoms in total. The molecule has 1 atom stereocenters. The van der Waals surface area contributed by atoms with Crippen LogP contribution in [0.25, 0.3) is 0 Å². The van der Waals surface area contributed by atoms with Gasteiger partial charge in [-0.1, -0.05) is 6.42 Å². The Morgan fingerprint density at radius 1 is 1.14 bits per heavy atom. The van der Waals surface area contributed by atoms with E-state index in [1.807, 2.05) is 0 Å². The summed E-state index contributed by atoms with van der Waals surface area (Å²) >= 11 is 0. The van der Waals surface area contributed by atoms with Crippen molar-refractivity contribution in [3.8, 4) is 0 Å². The van der Waals surface area contributed by atoms with Crippen LogP contribution in [0.15, 0.2) is 0 Å². The Balaban J connectivity index is 1.33. The first-order valence-corrected chi connectivity index (χ1v) is 8.73. The molecule has 0 bridgehead atoms. The maximum atomic E-state index is 12.1. The Labute approximate surface area is 131 Å². The van der Waals surface area contributed by atoms with Crippen LogP contribution in [0.2, 0.25) is 0 Å². The molecule has 22 heavy (non-hydrogen) atoms. The van der Waals surface area contributed by atoms with Crippen molar-refractivity contribution in [2.24, 2.45) is 5.92 Å². The Morgan fingerprint density at radius 3 is 2.86 bits per heavy atom. The largest absolute Gasteiger partial charge is 0.352 e. The summed E-state index contributed by atoms with van der Waals surface area (Å²) in [5, 5.41) is 11.9. The number of aromatic nitrogens is 3. The second kappa shape index (κ2) is 5.99. The third-order valence-electron chi connectivity index (χ3n) is 5.38. The van der Waals surface area contributed by atoms with Crippen LogP contribution in [0.4, 0.5) is 0 Å². The molecular formula is C16H25N5O. The topological polar surface area (TPSA) is 63.1 Å². The van der Waals surface area contributed by atoms with Gasteiger partial charge in [-0.2, -0.15) is 0 Å². The third kappa shape index (κ3) is 2.76. The summed E-state index contributed by atoms with van der Waals surface area (Å²) < 4.78 is 2.27. The minimum atomic E-state index is 0.279. The lowest BCUT2D eigenvalue weighted by molar-refractivity contribution is -0.128. The van der Waals surface area contributed by atoms with Crippen LogP contribution in [-0.2, 0) is 24.3 Å². The number of fused-ring (bicyclic) bond motifs is 1. The molecule has 3 aliphatic rings. The van der Waals surface area contributed by atoms with Crippen molar-refractivity contribution in [1.82, 2.24) is 25.0 Å². The number of likely N-dealkylation sites (tertiary alicyclic amines) is 1. The van der Waals surface area contributed by atoms with E-state index in [0.717, 1.165) is 69.9 Å². The fraction of sp³-hybridized carbons (Fsp3) is 0.812. The average Bonchev–Trinajstić information content (AvgIpc) is 3.02. The molecule has 0 aromatic carbocycles. The highest BCUT2D eigenvalue weighted by atomic mass is 16.2. The van der Waals surface area contributed by atoms with E-state index in [0.29, 0.717) is 6.04 Å². The number of rotatable bonds is 4. The maximum Gasteiger partial charge on any atom is 0.223 e. The van der Waals surface area contributed by atoms with Crippen molar-refractivity contribution >= 4 is 5.91 Å². The highest BCUT2D eigenvalue weighted by molar-refractivity contribution is 5.79. The molecule has 6 heteroatoms. The molecule has 0 radical (unpaired) electrons. The molecule has 1 amide bonds. The molecule has 4 rings (SSSR count). The molecule has 1 unspecified atom stereocenters. The smallest absolute Gasteiger partial charge is 0.223 e. The molecule has 2 fully saturated rings. The number of nitrogens with zero attached hydrogens (tertiary/aromatic N) is 4. The van der Waals surface area contributed by atoms with E-state index >= 15 is 0 Å². The van der Waals surface area contributed by atoms with Gasteiger partial charge < -0.3 is 9.88 Å². The molecule has 1 aromatic rings. The van der Waals surface area contributed by atoms with Gasteiger partial charge in [-0.25, -0.2) is 0 Å². The number of hydrogen-bond donors (Lipinski definition) is 1. The molecule has 0 spiro atoms. The number of piperidine rings is 1.